The highest BCUT2D eigenvalue weighted by Crippen LogP contribution is 2.24. The van der Waals surface area contributed by atoms with Crippen LogP contribution in [-0.2, 0) is 5.60 Å². The Morgan fingerprint density at radius 2 is 2.25 bits per heavy atom. The summed E-state index contributed by atoms with van der Waals surface area (Å²) in [7, 11) is 0. The van der Waals surface area contributed by atoms with Gasteiger partial charge in [-0.1, -0.05) is 0 Å². The van der Waals surface area contributed by atoms with Crippen molar-refractivity contribution in [1.82, 2.24) is 10.3 Å². The molecule has 1 aliphatic carbocycles. The summed E-state index contributed by atoms with van der Waals surface area (Å²) in [5, 5.41) is 13.2. The fourth-order valence-electron chi connectivity index (χ4n) is 2.44. The molecule has 0 aliphatic heterocycles. The smallest absolute Gasteiger partial charge is 0.251 e. The molecule has 0 spiro atoms. The summed E-state index contributed by atoms with van der Waals surface area (Å²) < 4.78 is 11.1. The molecular weight excluding hydrogens is 308 g/mol. The highest BCUT2D eigenvalue weighted by molar-refractivity contribution is 5.94. The summed E-state index contributed by atoms with van der Waals surface area (Å²) in [5.41, 5.74) is -0.826. The molecule has 1 fully saturated rings. The van der Waals surface area contributed by atoms with Gasteiger partial charge in [0.05, 0.1) is 6.54 Å². The van der Waals surface area contributed by atoms with Gasteiger partial charge in [-0.15, -0.1) is 0 Å². The van der Waals surface area contributed by atoms with Crippen LogP contribution >= 0.6 is 0 Å². The number of amides is 1. The summed E-state index contributed by atoms with van der Waals surface area (Å²) >= 11 is 0. The van der Waals surface area contributed by atoms with E-state index in [9.17, 15) is 9.90 Å². The Labute approximate surface area is 140 Å². The monoisotopic (exact) mass is 330 g/mol. The number of pyridine rings is 1. The molecule has 24 heavy (non-hydrogen) atoms. The predicted octanol–water partition coefficient (Wildman–Crippen LogP) is 2.55. The van der Waals surface area contributed by atoms with Crippen molar-refractivity contribution in [3.8, 4) is 5.88 Å². The molecule has 0 aromatic carbocycles. The zero-order valence-corrected chi connectivity index (χ0v) is 13.9. The molecule has 1 unspecified atom stereocenters. The second-order valence-electron chi connectivity index (χ2n) is 6.42. The first kappa shape index (κ1) is 16.5. The third-order valence-corrected chi connectivity index (χ3v) is 4.20. The van der Waals surface area contributed by atoms with Crippen LogP contribution in [0.5, 0.6) is 5.88 Å². The van der Waals surface area contributed by atoms with Gasteiger partial charge < -0.3 is 19.6 Å². The Bertz CT molecular complexity index is 719. The summed E-state index contributed by atoms with van der Waals surface area (Å²) in [6, 6.07) is 6.73. The summed E-state index contributed by atoms with van der Waals surface area (Å²) in [5.74, 6) is 1.30. The van der Waals surface area contributed by atoms with Crippen molar-refractivity contribution >= 4 is 5.91 Å². The molecule has 1 amide bonds. The number of carbonyl (C=O) groups excluding carboxylic acids is 1. The Kier molecular flexibility index (Phi) is 4.57. The van der Waals surface area contributed by atoms with Crippen LogP contribution in [-0.4, -0.2) is 28.6 Å². The number of nitrogens with one attached hydrogen (secondary N) is 1. The fourth-order valence-corrected chi connectivity index (χ4v) is 2.44. The van der Waals surface area contributed by atoms with Crippen molar-refractivity contribution in [1.29, 1.82) is 0 Å². The predicted molar refractivity (Wildman–Crippen MR) is 87.9 cm³/mol. The Morgan fingerprint density at radius 3 is 2.88 bits per heavy atom. The molecule has 6 nitrogen and oxygen atoms in total. The van der Waals surface area contributed by atoms with E-state index in [1.54, 1.807) is 44.3 Å². The van der Waals surface area contributed by atoms with Gasteiger partial charge in [-0.05, 0) is 51.3 Å². The van der Waals surface area contributed by atoms with Crippen molar-refractivity contribution in [2.45, 2.75) is 44.8 Å². The first-order valence-corrected chi connectivity index (χ1v) is 8.14. The van der Waals surface area contributed by atoms with Gasteiger partial charge in [0.2, 0.25) is 5.88 Å². The fraction of sp³-hybridized carbons (Fsp3) is 0.444. The van der Waals surface area contributed by atoms with Crippen LogP contribution in [0.3, 0.4) is 0 Å². The van der Waals surface area contributed by atoms with Gasteiger partial charge in [0.15, 0.2) is 0 Å². The average molecular weight is 330 g/mol. The largest absolute Gasteiger partial charge is 0.474 e. The molecule has 1 atom stereocenters. The number of furan rings is 1. The molecule has 0 radical (unpaired) electrons. The van der Waals surface area contributed by atoms with Crippen molar-refractivity contribution in [2.24, 2.45) is 0 Å². The molecule has 128 valence electrons. The van der Waals surface area contributed by atoms with Crippen molar-refractivity contribution in [3.05, 3.63) is 47.5 Å². The Balaban J connectivity index is 1.61. The van der Waals surface area contributed by atoms with Gasteiger partial charge in [0.25, 0.3) is 5.91 Å². The molecule has 2 aromatic rings. The SMILES string of the molecule is Cc1ccc(C(C)(O)CNC(=O)c2ccnc(OC3CCC3)c2)o1. The van der Waals surface area contributed by atoms with Gasteiger partial charge in [0.1, 0.15) is 23.2 Å². The van der Waals surface area contributed by atoms with Crippen molar-refractivity contribution in [3.63, 3.8) is 0 Å². The molecule has 0 saturated heterocycles. The molecule has 1 aliphatic rings. The minimum Gasteiger partial charge on any atom is -0.474 e. The number of aromatic nitrogens is 1. The standard InChI is InChI=1S/C18H22N2O4/c1-12-6-7-15(23-12)18(2,22)11-20-17(21)13-8-9-19-16(10-13)24-14-4-3-5-14/h6-10,14,22H,3-5,11H2,1-2H3,(H,20,21). The average Bonchev–Trinajstić information content (AvgIpc) is 2.96. The summed E-state index contributed by atoms with van der Waals surface area (Å²) in [6.07, 6.45) is 5.00. The zero-order chi connectivity index (χ0) is 17.2. The molecule has 0 bridgehead atoms. The van der Waals surface area contributed by atoms with Gasteiger partial charge in [-0.3, -0.25) is 4.79 Å². The second-order valence-corrected chi connectivity index (χ2v) is 6.42. The number of carbonyl (C=O) groups is 1. The highest BCUT2D eigenvalue weighted by atomic mass is 16.5. The lowest BCUT2D eigenvalue weighted by Gasteiger charge is -2.25. The normalized spacial score (nSPS) is 17.0. The lowest BCUT2D eigenvalue weighted by Crippen LogP contribution is -2.38. The lowest BCUT2D eigenvalue weighted by atomic mass is 9.96. The van der Waals surface area contributed by atoms with Gasteiger partial charge in [0, 0.05) is 17.8 Å². The van der Waals surface area contributed by atoms with Crippen LogP contribution in [0.1, 0.15) is 48.1 Å². The molecule has 3 rings (SSSR count). The first-order chi connectivity index (χ1) is 11.4. The maximum Gasteiger partial charge on any atom is 0.251 e. The number of nitrogens with zero attached hydrogens (tertiary/aromatic N) is 1. The van der Waals surface area contributed by atoms with E-state index in [0.717, 1.165) is 12.8 Å². The van der Waals surface area contributed by atoms with Crippen LogP contribution in [0, 0.1) is 6.92 Å². The number of hydrogen-bond donors (Lipinski definition) is 2. The van der Waals surface area contributed by atoms with Gasteiger partial charge in [-0.2, -0.15) is 0 Å². The second kappa shape index (κ2) is 6.65. The number of aryl methyl sites for hydroxylation is 1. The lowest BCUT2D eigenvalue weighted by molar-refractivity contribution is 0.0323. The molecule has 1 saturated carbocycles. The van der Waals surface area contributed by atoms with Crippen LogP contribution in [0.15, 0.2) is 34.9 Å². The van der Waals surface area contributed by atoms with Gasteiger partial charge in [-0.25, -0.2) is 4.98 Å². The van der Waals surface area contributed by atoms with E-state index < -0.39 is 5.60 Å². The number of aliphatic hydroxyl groups is 1. The molecule has 6 heteroatoms. The molecule has 2 heterocycles. The minimum atomic E-state index is -1.28. The third kappa shape index (κ3) is 3.76. The first-order valence-electron chi connectivity index (χ1n) is 8.14. The number of rotatable bonds is 6. The van der Waals surface area contributed by atoms with E-state index in [1.165, 1.54) is 6.42 Å². The van der Waals surface area contributed by atoms with Crippen molar-refractivity contribution in [2.75, 3.05) is 6.54 Å². The van der Waals surface area contributed by atoms with E-state index in [2.05, 4.69) is 10.3 Å². The number of ether oxygens (including phenoxy) is 1. The maximum absolute atomic E-state index is 12.3. The topological polar surface area (TPSA) is 84.6 Å². The summed E-state index contributed by atoms with van der Waals surface area (Å²) in [6.45, 7) is 3.45. The molecular formula is C18H22N2O4. The van der Waals surface area contributed by atoms with Crippen LogP contribution in [0.2, 0.25) is 0 Å². The highest BCUT2D eigenvalue weighted by Gasteiger charge is 2.27. The Hall–Kier alpha value is -2.34. The van der Waals surface area contributed by atoms with E-state index in [1.807, 2.05) is 0 Å². The minimum absolute atomic E-state index is 0.0416. The van der Waals surface area contributed by atoms with Crippen LogP contribution in [0.4, 0.5) is 0 Å². The zero-order valence-electron chi connectivity index (χ0n) is 13.9. The molecule has 2 N–H and O–H groups in total. The summed E-state index contributed by atoms with van der Waals surface area (Å²) in [4.78, 5) is 16.4. The van der Waals surface area contributed by atoms with E-state index in [4.69, 9.17) is 9.15 Å². The van der Waals surface area contributed by atoms with Crippen molar-refractivity contribution < 1.29 is 19.1 Å². The van der Waals surface area contributed by atoms with E-state index in [-0.39, 0.29) is 18.6 Å². The van der Waals surface area contributed by atoms with Crippen LogP contribution < -0.4 is 10.1 Å². The van der Waals surface area contributed by atoms with E-state index in [0.29, 0.717) is 23.0 Å². The van der Waals surface area contributed by atoms with E-state index >= 15 is 0 Å². The van der Waals surface area contributed by atoms with Gasteiger partial charge >= 0.3 is 0 Å². The Morgan fingerprint density at radius 1 is 1.46 bits per heavy atom. The quantitative estimate of drug-likeness (QED) is 0.850. The molecule has 2 aromatic heterocycles. The maximum atomic E-state index is 12.3. The third-order valence-electron chi connectivity index (χ3n) is 4.20. The van der Waals surface area contributed by atoms with Crippen LogP contribution in [0.25, 0.3) is 0 Å². The number of hydrogen-bond acceptors (Lipinski definition) is 5.